The Hall–Kier alpha value is -1.94. The standard InChI is InChI=1S/C20H23N5OS3/c1-4-6-9-29(26)20-17(21)16-12(14-11-23-15(5-2)25(14)3)10-13(24-19(16)28-20)18-22-7-8-27-18/h7-8,10-11H,4-6,9,21H2,1-3H3. The highest BCUT2D eigenvalue weighted by Gasteiger charge is 2.26. The van der Waals surface area contributed by atoms with Crippen molar-refractivity contribution in [2.45, 2.75) is 37.3 Å². The molecule has 9 heteroatoms. The number of fused-ring (bicyclic) bond motifs is 1. The van der Waals surface area contributed by atoms with Crippen molar-refractivity contribution in [1.29, 1.82) is 0 Å². The first-order chi connectivity index (χ1) is 14.0. The highest BCUT2D eigenvalue weighted by atomic mass is 32.2. The molecule has 0 bridgehead atoms. The van der Waals surface area contributed by atoms with Crippen molar-refractivity contribution >= 4 is 49.8 Å². The maximum Gasteiger partial charge on any atom is 0.232 e. The Balaban J connectivity index is 1.96. The van der Waals surface area contributed by atoms with Gasteiger partial charge in [-0.25, -0.2) is 15.0 Å². The number of hydrogen-bond donors (Lipinski definition) is 1. The summed E-state index contributed by atoms with van der Waals surface area (Å²) in [6.07, 6.45) is 6.41. The van der Waals surface area contributed by atoms with Crippen LogP contribution in [0.1, 0.15) is 32.5 Å². The molecule has 0 amide bonds. The number of aryl methyl sites for hydroxylation is 1. The number of thiazole rings is 1. The van der Waals surface area contributed by atoms with Crippen molar-refractivity contribution in [1.82, 2.24) is 19.5 Å². The van der Waals surface area contributed by atoms with Crippen LogP contribution in [0.2, 0.25) is 0 Å². The minimum Gasteiger partial charge on any atom is -0.611 e. The number of pyridine rings is 1. The van der Waals surface area contributed by atoms with Gasteiger partial charge in [0.05, 0.1) is 11.9 Å². The molecule has 0 aliphatic rings. The summed E-state index contributed by atoms with van der Waals surface area (Å²) < 4.78 is 15.7. The number of anilines is 1. The van der Waals surface area contributed by atoms with Crippen molar-refractivity contribution in [3.05, 3.63) is 29.7 Å². The average molecular weight is 446 g/mol. The number of thiophene rings is 1. The van der Waals surface area contributed by atoms with Crippen molar-refractivity contribution in [3.8, 4) is 22.0 Å². The summed E-state index contributed by atoms with van der Waals surface area (Å²) in [6.45, 7) is 4.18. The van der Waals surface area contributed by atoms with Crippen LogP contribution in [0, 0.1) is 0 Å². The fraction of sp³-hybridized carbons (Fsp3) is 0.350. The number of nitrogens with zero attached hydrogens (tertiary/aromatic N) is 4. The van der Waals surface area contributed by atoms with Crippen LogP contribution in [0.15, 0.2) is 28.0 Å². The van der Waals surface area contributed by atoms with Gasteiger partial charge in [0.25, 0.3) is 0 Å². The Morgan fingerprint density at radius 1 is 1.28 bits per heavy atom. The van der Waals surface area contributed by atoms with Crippen LogP contribution in [0.3, 0.4) is 0 Å². The number of nitrogens with two attached hydrogens (primary N) is 1. The van der Waals surface area contributed by atoms with E-state index in [4.69, 9.17) is 10.7 Å². The summed E-state index contributed by atoms with van der Waals surface area (Å²) in [7, 11) is 2.01. The second-order valence-electron chi connectivity index (χ2n) is 6.75. The molecule has 0 saturated heterocycles. The van der Waals surface area contributed by atoms with E-state index in [0.717, 1.165) is 61.5 Å². The van der Waals surface area contributed by atoms with E-state index in [1.54, 1.807) is 17.5 Å². The Morgan fingerprint density at radius 2 is 2.10 bits per heavy atom. The topological polar surface area (TPSA) is 92.7 Å². The number of hydrogen-bond acceptors (Lipinski definition) is 7. The highest BCUT2D eigenvalue weighted by molar-refractivity contribution is 7.93. The van der Waals surface area contributed by atoms with Gasteiger partial charge in [0, 0.05) is 36.0 Å². The number of aromatic nitrogens is 4. The molecule has 0 aliphatic heterocycles. The van der Waals surface area contributed by atoms with E-state index in [1.165, 1.54) is 11.3 Å². The summed E-state index contributed by atoms with van der Waals surface area (Å²) in [4.78, 5) is 14.6. The SMILES string of the molecule is CCCC[S+]([O-])c1sc2nc(-c3nccs3)cc(-c3cnc(CC)n3C)c2c1N. The van der Waals surface area contributed by atoms with Crippen molar-refractivity contribution in [2.24, 2.45) is 7.05 Å². The molecule has 0 aromatic carbocycles. The number of nitrogen functional groups attached to an aromatic ring is 1. The molecule has 6 nitrogen and oxygen atoms in total. The first kappa shape index (κ1) is 20.3. The van der Waals surface area contributed by atoms with Crippen LogP contribution in [0.4, 0.5) is 5.69 Å². The van der Waals surface area contributed by atoms with E-state index < -0.39 is 11.2 Å². The molecule has 4 aromatic rings. The molecule has 0 aliphatic carbocycles. The monoisotopic (exact) mass is 445 g/mol. The van der Waals surface area contributed by atoms with Crippen LogP contribution in [-0.2, 0) is 24.6 Å². The first-order valence-corrected chi connectivity index (χ1v) is 12.6. The van der Waals surface area contributed by atoms with Crippen LogP contribution < -0.4 is 5.73 Å². The van der Waals surface area contributed by atoms with Gasteiger partial charge in [-0.3, -0.25) is 0 Å². The molecule has 2 N–H and O–H groups in total. The summed E-state index contributed by atoms with van der Waals surface area (Å²) in [5, 5.41) is 3.65. The van der Waals surface area contributed by atoms with E-state index in [0.29, 0.717) is 11.4 Å². The third-order valence-corrected chi connectivity index (χ3v) is 8.67. The Labute approximate surface area is 181 Å². The summed E-state index contributed by atoms with van der Waals surface area (Å²) in [6, 6.07) is 2.03. The van der Waals surface area contributed by atoms with Gasteiger partial charge in [0.2, 0.25) is 4.21 Å². The number of rotatable bonds is 7. The zero-order valence-corrected chi connectivity index (χ0v) is 19.1. The molecule has 152 valence electrons. The average Bonchev–Trinajstić information content (AvgIpc) is 3.45. The minimum atomic E-state index is -1.12. The molecular weight excluding hydrogens is 422 g/mol. The summed E-state index contributed by atoms with van der Waals surface area (Å²) in [5.41, 5.74) is 9.85. The van der Waals surface area contributed by atoms with E-state index >= 15 is 0 Å². The van der Waals surface area contributed by atoms with Gasteiger partial charge in [-0.05, 0) is 23.7 Å². The predicted octanol–water partition coefficient (Wildman–Crippen LogP) is 4.87. The summed E-state index contributed by atoms with van der Waals surface area (Å²) >= 11 is 1.86. The van der Waals surface area contributed by atoms with E-state index in [-0.39, 0.29) is 0 Å². The van der Waals surface area contributed by atoms with Gasteiger partial charge in [0.15, 0.2) is 0 Å². The lowest BCUT2D eigenvalue weighted by atomic mass is 10.1. The molecule has 0 fully saturated rings. The van der Waals surface area contributed by atoms with Gasteiger partial charge >= 0.3 is 0 Å². The van der Waals surface area contributed by atoms with Crippen LogP contribution >= 0.6 is 22.7 Å². The lowest BCUT2D eigenvalue weighted by Gasteiger charge is -2.10. The van der Waals surface area contributed by atoms with Gasteiger partial charge < -0.3 is 14.9 Å². The fourth-order valence-corrected chi connectivity index (χ4v) is 6.72. The van der Waals surface area contributed by atoms with Gasteiger partial charge in [-0.2, -0.15) is 0 Å². The van der Waals surface area contributed by atoms with E-state index in [1.807, 2.05) is 24.7 Å². The molecule has 0 spiro atoms. The lowest BCUT2D eigenvalue weighted by molar-refractivity contribution is 0.594. The maximum atomic E-state index is 12.9. The summed E-state index contributed by atoms with van der Waals surface area (Å²) in [5.74, 6) is 1.62. The molecule has 1 unspecified atom stereocenters. The van der Waals surface area contributed by atoms with Crippen LogP contribution in [-0.4, -0.2) is 29.8 Å². The Morgan fingerprint density at radius 3 is 2.76 bits per heavy atom. The second-order valence-corrected chi connectivity index (χ2v) is 10.4. The zero-order valence-electron chi connectivity index (χ0n) is 16.6. The van der Waals surface area contributed by atoms with Crippen molar-refractivity contribution in [3.63, 3.8) is 0 Å². The molecule has 4 rings (SSSR count). The molecule has 4 aromatic heterocycles. The maximum absolute atomic E-state index is 12.9. The number of unbranched alkanes of at least 4 members (excludes halogenated alkanes) is 1. The molecule has 4 heterocycles. The van der Waals surface area contributed by atoms with Crippen molar-refractivity contribution in [2.75, 3.05) is 11.5 Å². The van der Waals surface area contributed by atoms with Gasteiger partial charge in [-0.1, -0.05) is 31.6 Å². The molecule has 0 saturated carbocycles. The molecular formula is C20H23N5OS3. The van der Waals surface area contributed by atoms with Gasteiger partial charge in [-0.15, -0.1) is 11.3 Å². The smallest absolute Gasteiger partial charge is 0.232 e. The number of imidazole rings is 1. The Bertz CT molecular complexity index is 1130. The van der Waals surface area contributed by atoms with Gasteiger partial charge in [0.1, 0.15) is 32.8 Å². The first-order valence-electron chi connectivity index (χ1n) is 9.57. The van der Waals surface area contributed by atoms with E-state index in [2.05, 4.69) is 28.4 Å². The van der Waals surface area contributed by atoms with Crippen LogP contribution in [0.25, 0.3) is 32.2 Å². The minimum absolute atomic E-state index is 0.576. The normalized spacial score (nSPS) is 12.7. The predicted molar refractivity (Wildman–Crippen MR) is 123 cm³/mol. The van der Waals surface area contributed by atoms with Crippen molar-refractivity contribution < 1.29 is 4.55 Å². The van der Waals surface area contributed by atoms with E-state index in [9.17, 15) is 4.55 Å². The lowest BCUT2D eigenvalue weighted by Crippen LogP contribution is -2.07. The molecule has 29 heavy (non-hydrogen) atoms. The highest BCUT2D eigenvalue weighted by Crippen LogP contribution is 2.43. The quantitative estimate of drug-likeness (QED) is 0.410. The van der Waals surface area contributed by atoms with Crippen LogP contribution in [0.5, 0.6) is 0 Å². The zero-order chi connectivity index (χ0) is 20.5. The fourth-order valence-electron chi connectivity index (χ4n) is 3.33. The second kappa shape index (κ2) is 8.43. The third kappa shape index (κ3) is 3.68. The largest absolute Gasteiger partial charge is 0.611 e. The Kier molecular flexibility index (Phi) is 5.91. The molecule has 1 atom stereocenters. The molecule has 0 radical (unpaired) electrons. The third-order valence-electron chi connectivity index (χ3n) is 4.88.